The average Bonchev–Trinajstić information content (AvgIpc) is 3.27. The lowest BCUT2D eigenvalue weighted by Crippen LogP contribution is -2.28. The van der Waals surface area contributed by atoms with Crippen LogP contribution in [0.2, 0.25) is 5.02 Å². The van der Waals surface area contributed by atoms with E-state index in [2.05, 4.69) is 63.8 Å². The van der Waals surface area contributed by atoms with E-state index in [-0.39, 0.29) is 0 Å². The molecule has 0 heterocycles. The van der Waals surface area contributed by atoms with Crippen LogP contribution in [0.3, 0.4) is 0 Å². The van der Waals surface area contributed by atoms with Gasteiger partial charge < -0.3 is 0 Å². The second-order valence-electron chi connectivity index (χ2n) is 10.3. The molecule has 4 unspecified atom stereocenters. The van der Waals surface area contributed by atoms with Gasteiger partial charge in [-0.3, -0.25) is 0 Å². The summed E-state index contributed by atoms with van der Waals surface area (Å²) >= 11 is 6.60. The highest BCUT2D eigenvalue weighted by Gasteiger charge is 2.32. The van der Waals surface area contributed by atoms with E-state index >= 15 is 0 Å². The fourth-order valence-corrected chi connectivity index (χ4v) is 6.23. The Morgan fingerprint density at radius 1 is 1.16 bits per heavy atom. The van der Waals surface area contributed by atoms with Crippen LogP contribution in [-0.2, 0) is 6.42 Å². The molecule has 3 rings (SSSR count). The third-order valence-electron chi connectivity index (χ3n) is 8.19. The lowest BCUT2D eigenvalue weighted by Gasteiger charge is -2.39. The van der Waals surface area contributed by atoms with Gasteiger partial charge in [-0.25, -0.2) is 0 Å². The maximum Gasteiger partial charge on any atom is 0.0438 e. The van der Waals surface area contributed by atoms with E-state index < -0.39 is 0 Å². The van der Waals surface area contributed by atoms with Crippen molar-refractivity contribution in [3.63, 3.8) is 0 Å². The van der Waals surface area contributed by atoms with Crippen LogP contribution in [0.1, 0.15) is 95.6 Å². The quantitative estimate of drug-likeness (QED) is 0.336. The first-order valence-electron chi connectivity index (χ1n) is 12.8. The summed E-state index contributed by atoms with van der Waals surface area (Å²) in [4.78, 5) is 0. The minimum atomic E-state index is 0.691. The minimum absolute atomic E-state index is 0.691. The van der Waals surface area contributed by atoms with E-state index in [1.165, 1.54) is 68.1 Å². The summed E-state index contributed by atoms with van der Waals surface area (Å²) < 4.78 is 0. The van der Waals surface area contributed by atoms with E-state index in [0.29, 0.717) is 5.92 Å². The average molecular weight is 439 g/mol. The van der Waals surface area contributed by atoms with Crippen molar-refractivity contribution in [2.75, 3.05) is 0 Å². The third kappa shape index (κ3) is 6.85. The molecule has 2 saturated carbocycles. The maximum atomic E-state index is 6.60. The molecule has 4 atom stereocenters. The molecule has 2 fully saturated rings. The lowest BCUT2D eigenvalue weighted by molar-refractivity contribution is 0.157. The molecule has 0 aromatic heterocycles. The van der Waals surface area contributed by atoms with Crippen molar-refractivity contribution >= 4 is 11.6 Å². The SMILES string of the molecule is C=C/C=C(\C=C/CCc1cc(C2CC(C)C(C)C(CC)C2)ccc1Cl)CC1CCCC1. The maximum absolute atomic E-state index is 6.60. The standard InChI is InChI=1S/C30H43Cl/c1-5-11-24(19-25-13-7-8-14-25)12-9-10-15-28-21-27(16-17-30(28)31)29-18-22(3)23(4)26(6-2)20-29/h5,9,11-12,16-17,21-23,25-26,29H,1,6-8,10,13-15,18-20H2,2-4H3/b12-9-,24-11+. The number of allylic oxidation sites excluding steroid dienone is 5. The van der Waals surface area contributed by atoms with Gasteiger partial charge in [-0.05, 0) is 84.5 Å². The Kier molecular flexibility index (Phi) is 9.51. The van der Waals surface area contributed by atoms with Gasteiger partial charge >= 0.3 is 0 Å². The van der Waals surface area contributed by atoms with Gasteiger partial charge in [0.05, 0.1) is 0 Å². The van der Waals surface area contributed by atoms with Crippen molar-refractivity contribution in [1.29, 1.82) is 0 Å². The Morgan fingerprint density at radius 3 is 2.65 bits per heavy atom. The predicted molar refractivity (Wildman–Crippen MR) is 138 cm³/mol. The Balaban J connectivity index is 1.60. The molecule has 0 aliphatic heterocycles. The molecule has 1 heteroatoms. The second kappa shape index (κ2) is 12.1. The van der Waals surface area contributed by atoms with Crippen molar-refractivity contribution < 1.29 is 0 Å². The molecule has 2 aliphatic carbocycles. The Hall–Kier alpha value is -1.27. The van der Waals surface area contributed by atoms with Crippen molar-refractivity contribution in [3.05, 3.63) is 70.8 Å². The van der Waals surface area contributed by atoms with Crippen LogP contribution in [0, 0.1) is 23.7 Å². The number of aryl methyl sites for hydroxylation is 1. The number of rotatable bonds is 9. The largest absolute Gasteiger partial charge is 0.0991 e. The molecule has 0 radical (unpaired) electrons. The number of hydrogen-bond donors (Lipinski definition) is 0. The van der Waals surface area contributed by atoms with Gasteiger partial charge in [-0.1, -0.05) is 107 Å². The van der Waals surface area contributed by atoms with Crippen molar-refractivity contribution in [2.24, 2.45) is 23.7 Å². The van der Waals surface area contributed by atoms with E-state index in [1.807, 2.05) is 6.08 Å². The summed E-state index contributed by atoms with van der Waals surface area (Å²) in [5.74, 6) is 4.07. The third-order valence-corrected chi connectivity index (χ3v) is 8.56. The molecular weight excluding hydrogens is 396 g/mol. The van der Waals surface area contributed by atoms with Crippen LogP contribution < -0.4 is 0 Å². The minimum Gasteiger partial charge on any atom is -0.0991 e. The van der Waals surface area contributed by atoms with Gasteiger partial charge in [-0.15, -0.1) is 0 Å². The molecule has 0 spiro atoms. The first kappa shape index (κ1) is 24.4. The molecule has 0 nitrogen and oxygen atoms in total. The second-order valence-corrected chi connectivity index (χ2v) is 10.7. The number of benzene rings is 1. The van der Waals surface area contributed by atoms with Gasteiger partial charge in [-0.2, -0.15) is 0 Å². The Labute approximate surface area is 196 Å². The molecule has 0 N–H and O–H groups in total. The zero-order chi connectivity index (χ0) is 22.2. The molecule has 170 valence electrons. The van der Waals surface area contributed by atoms with Crippen LogP contribution in [0.5, 0.6) is 0 Å². The van der Waals surface area contributed by atoms with Crippen LogP contribution >= 0.6 is 11.6 Å². The molecule has 2 aliphatic rings. The summed E-state index contributed by atoms with van der Waals surface area (Å²) in [5, 5.41) is 0.925. The van der Waals surface area contributed by atoms with E-state index in [0.717, 1.165) is 41.5 Å². The fourth-order valence-electron chi connectivity index (χ4n) is 6.02. The fraction of sp³-hybridized carbons (Fsp3) is 0.600. The van der Waals surface area contributed by atoms with Crippen LogP contribution in [0.25, 0.3) is 0 Å². The number of hydrogen-bond acceptors (Lipinski definition) is 0. The van der Waals surface area contributed by atoms with Crippen LogP contribution in [0.15, 0.2) is 54.7 Å². The zero-order valence-electron chi connectivity index (χ0n) is 20.1. The normalized spacial score (nSPS) is 27.8. The Bertz CT molecular complexity index is 765. The van der Waals surface area contributed by atoms with Gasteiger partial charge in [0.2, 0.25) is 0 Å². The van der Waals surface area contributed by atoms with Crippen molar-refractivity contribution in [1.82, 2.24) is 0 Å². The molecule has 0 bridgehead atoms. The van der Waals surface area contributed by atoms with Gasteiger partial charge in [0.25, 0.3) is 0 Å². The monoisotopic (exact) mass is 438 g/mol. The van der Waals surface area contributed by atoms with Gasteiger partial charge in [0, 0.05) is 5.02 Å². The molecule has 1 aromatic carbocycles. The highest BCUT2D eigenvalue weighted by molar-refractivity contribution is 6.31. The summed E-state index contributed by atoms with van der Waals surface area (Å²) in [6.07, 6.45) is 21.6. The topological polar surface area (TPSA) is 0 Å². The summed E-state index contributed by atoms with van der Waals surface area (Å²) in [6.45, 7) is 11.2. The van der Waals surface area contributed by atoms with Crippen molar-refractivity contribution in [3.8, 4) is 0 Å². The smallest absolute Gasteiger partial charge is 0.0438 e. The summed E-state index contributed by atoms with van der Waals surface area (Å²) in [7, 11) is 0. The molecule has 0 saturated heterocycles. The Morgan fingerprint density at radius 2 is 1.94 bits per heavy atom. The zero-order valence-corrected chi connectivity index (χ0v) is 20.8. The predicted octanol–water partition coefficient (Wildman–Crippen LogP) is 9.70. The van der Waals surface area contributed by atoms with E-state index in [4.69, 9.17) is 11.6 Å². The molecular formula is C30H43Cl. The summed E-state index contributed by atoms with van der Waals surface area (Å²) in [5.41, 5.74) is 4.25. The van der Waals surface area contributed by atoms with Crippen LogP contribution in [0.4, 0.5) is 0 Å². The van der Waals surface area contributed by atoms with E-state index in [9.17, 15) is 0 Å². The molecule has 1 aromatic rings. The van der Waals surface area contributed by atoms with Gasteiger partial charge in [0.1, 0.15) is 0 Å². The first-order valence-corrected chi connectivity index (χ1v) is 13.2. The summed E-state index contributed by atoms with van der Waals surface area (Å²) in [6, 6.07) is 6.84. The van der Waals surface area contributed by atoms with Crippen LogP contribution in [-0.4, -0.2) is 0 Å². The van der Waals surface area contributed by atoms with Crippen molar-refractivity contribution in [2.45, 2.75) is 90.9 Å². The highest BCUT2D eigenvalue weighted by Crippen LogP contribution is 2.44. The van der Waals surface area contributed by atoms with E-state index in [1.54, 1.807) is 0 Å². The van der Waals surface area contributed by atoms with Gasteiger partial charge in [0.15, 0.2) is 0 Å². The molecule has 0 amide bonds. The lowest BCUT2D eigenvalue weighted by atomic mass is 9.66. The molecule has 31 heavy (non-hydrogen) atoms. The first-order chi connectivity index (χ1) is 15.0. The highest BCUT2D eigenvalue weighted by atomic mass is 35.5. The number of halogens is 1.